The number of thiazole rings is 1. The van der Waals surface area contributed by atoms with E-state index in [1.54, 1.807) is 0 Å². The average Bonchev–Trinajstić information content (AvgIpc) is 2.82. The summed E-state index contributed by atoms with van der Waals surface area (Å²) in [4.78, 5) is 4.39. The molecule has 0 fully saturated rings. The second-order valence-corrected chi connectivity index (χ2v) is 4.87. The molecule has 96 valence electrons. The molecule has 2 rings (SSSR count). The highest BCUT2D eigenvalue weighted by Crippen LogP contribution is 2.23. The summed E-state index contributed by atoms with van der Waals surface area (Å²) < 4.78 is 25.9. The molecule has 2 nitrogen and oxygen atoms in total. The molecule has 5 heteroatoms. The van der Waals surface area contributed by atoms with E-state index in [1.807, 2.05) is 5.38 Å². The quantitative estimate of drug-likeness (QED) is 0.838. The van der Waals surface area contributed by atoms with Crippen molar-refractivity contribution in [2.75, 3.05) is 6.54 Å². The molecule has 18 heavy (non-hydrogen) atoms. The molecule has 1 N–H and O–H groups in total. The lowest BCUT2D eigenvalue weighted by molar-refractivity contribution is 0.509. The minimum Gasteiger partial charge on any atom is -0.310 e. The predicted octanol–water partition coefficient (Wildman–Crippen LogP) is 3.59. The average molecular weight is 268 g/mol. The normalized spacial score (nSPS) is 10.8. The SMILES string of the molecule is CCCNCc1nc(-c2ccc(F)c(F)c2)cs1. The van der Waals surface area contributed by atoms with Gasteiger partial charge in [-0.15, -0.1) is 11.3 Å². The van der Waals surface area contributed by atoms with Gasteiger partial charge in [-0.25, -0.2) is 13.8 Å². The van der Waals surface area contributed by atoms with Crippen LogP contribution in [-0.4, -0.2) is 11.5 Å². The molecule has 0 atom stereocenters. The van der Waals surface area contributed by atoms with Crippen molar-refractivity contribution in [3.05, 3.63) is 40.2 Å². The van der Waals surface area contributed by atoms with Crippen LogP contribution in [0.2, 0.25) is 0 Å². The third-order valence-corrected chi connectivity index (χ3v) is 3.32. The third kappa shape index (κ3) is 3.11. The summed E-state index contributed by atoms with van der Waals surface area (Å²) in [5.74, 6) is -1.68. The van der Waals surface area contributed by atoms with E-state index in [9.17, 15) is 8.78 Å². The summed E-state index contributed by atoms with van der Waals surface area (Å²) in [5.41, 5.74) is 1.29. The number of nitrogens with zero attached hydrogens (tertiary/aromatic N) is 1. The summed E-state index contributed by atoms with van der Waals surface area (Å²) in [5, 5.41) is 6.05. The summed E-state index contributed by atoms with van der Waals surface area (Å²) in [7, 11) is 0. The molecule has 0 aliphatic rings. The van der Waals surface area contributed by atoms with Crippen molar-refractivity contribution in [2.24, 2.45) is 0 Å². The van der Waals surface area contributed by atoms with Crippen molar-refractivity contribution in [1.29, 1.82) is 0 Å². The van der Waals surface area contributed by atoms with Crippen molar-refractivity contribution in [2.45, 2.75) is 19.9 Å². The van der Waals surface area contributed by atoms with Crippen LogP contribution in [-0.2, 0) is 6.54 Å². The zero-order chi connectivity index (χ0) is 13.0. The van der Waals surface area contributed by atoms with Crippen LogP contribution in [0.5, 0.6) is 0 Å². The van der Waals surface area contributed by atoms with Gasteiger partial charge in [-0.1, -0.05) is 6.92 Å². The fourth-order valence-electron chi connectivity index (χ4n) is 1.55. The molecule has 0 aliphatic carbocycles. The molecule has 0 bridgehead atoms. The van der Waals surface area contributed by atoms with Gasteiger partial charge >= 0.3 is 0 Å². The van der Waals surface area contributed by atoms with Gasteiger partial charge in [0.25, 0.3) is 0 Å². The summed E-state index contributed by atoms with van der Waals surface area (Å²) in [6, 6.07) is 3.84. The van der Waals surface area contributed by atoms with Crippen LogP contribution in [0.15, 0.2) is 23.6 Å². The summed E-state index contributed by atoms with van der Waals surface area (Å²) in [6.07, 6.45) is 1.07. The lowest BCUT2D eigenvalue weighted by atomic mass is 10.2. The largest absolute Gasteiger partial charge is 0.310 e. The molecule has 2 aromatic rings. The minimum atomic E-state index is -0.842. The van der Waals surface area contributed by atoms with E-state index in [1.165, 1.54) is 23.5 Å². The van der Waals surface area contributed by atoms with Crippen molar-refractivity contribution in [1.82, 2.24) is 10.3 Å². The first-order valence-corrected chi connectivity index (χ1v) is 6.69. The van der Waals surface area contributed by atoms with E-state index in [4.69, 9.17) is 0 Å². The molecular formula is C13H14F2N2S. The number of rotatable bonds is 5. The van der Waals surface area contributed by atoms with Gasteiger partial charge in [0.05, 0.1) is 5.69 Å². The predicted molar refractivity (Wildman–Crippen MR) is 69.5 cm³/mol. The fraction of sp³-hybridized carbons (Fsp3) is 0.308. The second kappa shape index (κ2) is 6.02. The zero-order valence-electron chi connectivity index (χ0n) is 10.0. The Morgan fingerprint density at radius 1 is 1.28 bits per heavy atom. The molecule has 1 aromatic heterocycles. The number of hydrogen-bond donors (Lipinski definition) is 1. The van der Waals surface area contributed by atoms with E-state index in [0.29, 0.717) is 17.8 Å². The first-order valence-electron chi connectivity index (χ1n) is 5.81. The van der Waals surface area contributed by atoms with Gasteiger partial charge in [0.1, 0.15) is 5.01 Å². The zero-order valence-corrected chi connectivity index (χ0v) is 10.9. The Balaban J connectivity index is 2.11. The standard InChI is InChI=1S/C13H14F2N2S/c1-2-5-16-7-13-17-12(8-18-13)9-3-4-10(14)11(15)6-9/h3-4,6,8,16H,2,5,7H2,1H3. The lowest BCUT2D eigenvalue weighted by Crippen LogP contribution is -2.13. The van der Waals surface area contributed by atoms with E-state index >= 15 is 0 Å². The Morgan fingerprint density at radius 2 is 2.11 bits per heavy atom. The molecule has 0 aliphatic heterocycles. The van der Waals surface area contributed by atoms with Gasteiger partial charge in [-0.2, -0.15) is 0 Å². The third-order valence-electron chi connectivity index (χ3n) is 2.47. The summed E-state index contributed by atoms with van der Waals surface area (Å²) in [6.45, 7) is 3.75. The molecule has 1 heterocycles. The smallest absolute Gasteiger partial charge is 0.159 e. The topological polar surface area (TPSA) is 24.9 Å². The van der Waals surface area contributed by atoms with Crippen molar-refractivity contribution in [3.8, 4) is 11.3 Å². The van der Waals surface area contributed by atoms with Crippen LogP contribution in [0.3, 0.4) is 0 Å². The van der Waals surface area contributed by atoms with Gasteiger partial charge in [0, 0.05) is 17.5 Å². The number of halogens is 2. The van der Waals surface area contributed by atoms with Gasteiger partial charge in [0.2, 0.25) is 0 Å². The highest BCUT2D eigenvalue weighted by Gasteiger charge is 2.07. The molecule has 0 saturated heterocycles. The van der Waals surface area contributed by atoms with Crippen LogP contribution in [0.25, 0.3) is 11.3 Å². The van der Waals surface area contributed by atoms with Crippen LogP contribution >= 0.6 is 11.3 Å². The van der Waals surface area contributed by atoms with Crippen molar-refractivity contribution >= 4 is 11.3 Å². The second-order valence-electron chi connectivity index (χ2n) is 3.93. The number of nitrogens with one attached hydrogen (secondary N) is 1. The van der Waals surface area contributed by atoms with Crippen LogP contribution in [0.1, 0.15) is 18.4 Å². The first-order chi connectivity index (χ1) is 8.70. The number of aromatic nitrogens is 1. The van der Waals surface area contributed by atoms with Crippen molar-refractivity contribution in [3.63, 3.8) is 0 Å². The van der Waals surface area contributed by atoms with Crippen molar-refractivity contribution < 1.29 is 8.78 Å². The maximum absolute atomic E-state index is 13.1. The Bertz CT molecular complexity index is 525. The number of benzene rings is 1. The highest BCUT2D eigenvalue weighted by molar-refractivity contribution is 7.09. The Kier molecular flexibility index (Phi) is 4.38. The summed E-state index contributed by atoms with van der Waals surface area (Å²) >= 11 is 1.52. The van der Waals surface area contributed by atoms with E-state index in [2.05, 4.69) is 17.2 Å². The van der Waals surface area contributed by atoms with Crippen LogP contribution in [0.4, 0.5) is 8.78 Å². The van der Waals surface area contributed by atoms with Crippen LogP contribution in [0, 0.1) is 11.6 Å². The molecule has 1 aromatic carbocycles. The van der Waals surface area contributed by atoms with Gasteiger partial charge < -0.3 is 5.32 Å². The maximum Gasteiger partial charge on any atom is 0.159 e. The molecular weight excluding hydrogens is 254 g/mol. The fourth-order valence-corrected chi connectivity index (χ4v) is 2.33. The molecule has 0 unspecified atom stereocenters. The van der Waals surface area contributed by atoms with E-state index < -0.39 is 11.6 Å². The van der Waals surface area contributed by atoms with Gasteiger partial charge in [-0.05, 0) is 31.2 Å². The van der Waals surface area contributed by atoms with Gasteiger partial charge in [0.15, 0.2) is 11.6 Å². The number of hydrogen-bond acceptors (Lipinski definition) is 3. The Labute approximate surface area is 109 Å². The molecule has 0 spiro atoms. The van der Waals surface area contributed by atoms with Gasteiger partial charge in [-0.3, -0.25) is 0 Å². The minimum absolute atomic E-state index is 0.604. The first kappa shape index (κ1) is 13.1. The Morgan fingerprint density at radius 3 is 2.83 bits per heavy atom. The van der Waals surface area contributed by atoms with E-state index in [-0.39, 0.29) is 0 Å². The Hall–Kier alpha value is -1.33. The highest BCUT2D eigenvalue weighted by atomic mass is 32.1. The lowest BCUT2D eigenvalue weighted by Gasteiger charge is -1.99. The molecule has 0 saturated carbocycles. The van der Waals surface area contributed by atoms with Crippen LogP contribution < -0.4 is 5.32 Å². The maximum atomic E-state index is 13.1. The molecule has 0 amide bonds. The molecule has 0 radical (unpaired) electrons. The monoisotopic (exact) mass is 268 g/mol. The van der Waals surface area contributed by atoms with E-state index in [0.717, 1.165) is 24.0 Å².